The van der Waals surface area contributed by atoms with E-state index in [-0.39, 0.29) is 55.7 Å². The highest BCUT2D eigenvalue weighted by molar-refractivity contribution is 5.96. The van der Waals surface area contributed by atoms with Crippen LogP contribution in [-0.2, 0) is 38.4 Å². The summed E-state index contributed by atoms with van der Waals surface area (Å²) in [6, 6.07) is 13.5. The maximum Gasteiger partial charge on any atom is 0.267 e. The van der Waals surface area contributed by atoms with Crippen molar-refractivity contribution >= 4 is 54.0 Å². The zero-order valence-corrected chi connectivity index (χ0v) is 40.0. The van der Waals surface area contributed by atoms with Crippen LogP contribution in [0.4, 0.5) is 0 Å². The number of benzene rings is 2. The molecular formula is C50H70N10O8. The van der Waals surface area contributed by atoms with Gasteiger partial charge in [0, 0.05) is 51.1 Å². The van der Waals surface area contributed by atoms with Gasteiger partial charge in [-0.05, 0) is 97.2 Å². The number of amides is 8. The highest BCUT2D eigenvalue weighted by Crippen LogP contribution is 2.32. The van der Waals surface area contributed by atoms with Crippen LogP contribution in [-0.4, -0.2) is 162 Å². The Kier molecular flexibility index (Phi) is 18.4. The second kappa shape index (κ2) is 24.3. The van der Waals surface area contributed by atoms with Gasteiger partial charge in [0.25, 0.3) is 5.91 Å². The molecule has 68 heavy (non-hydrogen) atoms. The van der Waals surface area contributed by atoms with Crippen molar-refractivity contribution in [1.29, 1.82) is 0 Å². The lowest BCUT2D eigenvalue weighted by atomic mass is 9.98. The smallest absolute Gasteiger partial charge is 0.267 e. The van der Waals surface area contributed by atoms with Crippen LogP contribution in [0.2, 0.25) is 0 Å². The van der Waals surface area contributed by atoms with Crippen LogP contribution in [0, 0.1) is 0 Å². The zero-order valence-electron chi connectivity index (χ0n) is 40.0. The topological polar surface area (TPSA) is 222 Å². The first-order valence-electron chi connectivity index (χ1n) is 24.3. The minimum Gasteiger partial charge on any atom is -0.343 e. The molecule has 6 rings (SSSR count). The molecule has 18 heteroatoms. The van der Waals surface area contributed by atoms with Crippen molar-refractivity contribution in [3.63, 3.8) is 0 Å². The van der Waals surface area contributed by atoms with E-state index in [0.29, 0.717) is 77.3 Å². The van der Waals surface area contributed by atoms with Crippen molar-refractivity contribution in [3.8, 4) is 0 Å². The summed E-state index contributed by atoms with van der Waals surface area (Å²) in [7, 11) is 3.28. The molecule has 0 spiro atoms. The number of hydrogen-bond acceptors (Lipinski definition) is 10. The average Bonchev–Trinajstić information content (AvgIpc) is 3.98. The van der Waals surface area contributed by atoms with Gasteiger partial charge in [-0.2, -0.15) is 0 Å². The Bertz CT molecular complexity index is 2090. The fraction of sp³-hybridized carbons (Fsp3) is 0.580. The summed E-state index contributed by atoms with van der Waals surface area (Å²) < 4.78 is 0. The minimum absolute atomic E-state index is 0.0247. The summed E-state index contributed by atoms with van der Waals surface area (Å²) in [6.45, 7) is 7.38. The molecule has 0 unspecified atom stereocenters. The molecule has 0 aromatic heterocycles. The number of nitrogens with one attached hydrogen (secondary N) is 5. The number of carbonyl (C=O) groups excluding carboxylic acids is 8. The van der Waals surface area contributed by atoms with Crippen molar-refractivity contribution in [2.75, 3.05) is 40.3 Å². The second-order valence-corrected chi connectivity index (χ2v) is 18.6. The summed E-state index contributed by atoms with van der Waals surface area (Å²) in [4.78, 5) is 119. The Balaban J connectivity index is 1.04. The summed E-state index contributed by atoms with van der Waals surface area (Å²) in [5.74, 6) is -2.63. The van der Waals surface area contributed by atoms with Gasteiger partial charge in [0.1, 0.15) is 24.2 Å². The molecule has 0 bridgehead atoms. The van der Waals surface area contributed by atoms with Crippen LogP contribution in [0.1, 0.15) is 108 Å². The summed E-state index contributed by atoms with van der Waals surface area (Å²) in [5, 5.41) is 14.7. The Morgan fingerprint density at radius 2 is 1.04 bits per heavy atom. The van der Waals surface area contributed by atoms with E-state index >= 15 is 0 Å². The lowest BCUT2D eigenvalue weighted by Crippen LogP contribution is -2.62. The molecule has 2 aromatic carbocycles. The number of hydrogen-bond donors (Lipinski definition) is 5. The predicted octanol–water partition coefficient (Wildman–Crippen LogP) is 1.83. The first-order chi connectivity index (χ1) is 32.8. The molecule has 18 nitrogen and oxygen atoms in total. The largest absolute Gasteiger partial charge is 0.343 e. The van der Waals surface area contributed by atoms with E-state index in [1.54, 1.807) is 42.6 Å². The van der Waals surface area contributed by atoms with Crippen molar-refractivity contribution < 1.29 is 38.4 Å². The van der Waals surface area contributed by atoms with E-state index in [1.807, 2.05) is 60.7 Å². The van der Waals surface area contributed by atoms with E-state index in [0.717, 1.165) is 11.1 Å². The van der Waals surface area contributed by atoms with E-state index < -0.39 is 71.8 Å². The Hall–Kier alpha value is -6.01. The fourth-order valence-corrected chi connectivity index (χ4v) is 9.99. The van der Waals surface area contributed by atoms with Gasteiger partial charge in [0.2, 0.25) is 41.4 Å². The molecule has 0 saturated carbocycles. The fourth-order valence-electron chi connectivity index (χ4n) is 9.99. The van der Waals surface area contributed by atoms with Gasteiger partial charge >= 0.3 is 0 Å². The van der Waals surface area contributed by atoms with Crippen LogP contribution >= 0.6 is 0 Å². The summed E-state index contributed by atoms with van der Waals surface area (Å²) in [6.07, 6.45) is 5.93. The van der Waals surface area contributed by atoms with E-state index in [2.05, 4.69) is 38.3 Å². The lowest BCUT2D eigenvalue weighted by Gasteiger charge is -2.39. The molecule has 4 aliphatic heterocycles. The van der Waals surface area contributed by atoms with Gasteiger partial charge < -0.3 is 46.2 Å². The molecule has 8 atom stereocenters. The number of nitrogens with zero attached hydrogens (tertiary/aromatic N) is 5. The maximum atomic E-state index is 14.6. The number of rotatable bonds is 18. The number of likely N-dealkylation sites (N-methyl/N-ethyl adjacent to an activating group) is 2. The average molecular weight is 939 g/mol. The Morgan fingerprint density at radius 3 is 1.47 bits per heavy atom. The molecule has 2 aromatic rings. The van der Waals surface area contributed by atoms with Gasteiger partial charge in [-0.25, -0.2) is 4.99 Å². The lowest BCUT2D eigenvalue weighted by molar-refractivity contribution is -0.147. The highest BCUT2D eigenvalue weighted by atomic mass is 16.2. The Labute approximate surface area is 399 Å². The van der Waals surface area contributed by atoms with Gasteiger partial charge in [-0.1, -0.05) is 73.5 Å². The molecule has 4 heterocycles. The quantitative estimate of drug-likeness (QED) is 0.108. The molecule has 368 valence electrons. The third kappa shape index (κ3) is 12.5. The van der Waals surface area contributed by atoms with Gasteiger partial charge in [-0.3, -0.25) is 38.4 Å². The van der Waals surface area contributed by atoms with Gasteiger partial charge in [0.15, 0.2) is 0 Å². The van der Waals surface area contributed by atoms with Crippen LogP contribution in [0.3, 0.4) is 0 Å². The predicted molar refractivity (Wildman–Crippen MR) is 256 cm³/mol. The number of carbonyl (C=O) groups is 8. The summed E-state index contributed by atoms with van der Waals surface area (Å²) in [5.41, 5.74) is 1.82. The zero-order chi connectivity index (χ0) is 48.9. The first kappa shape index (κ1) is 51.4. The van der Waals surface area contributed by atoms with E-state index in [9.17, 15) is 38.4 Å². The molecule has 8 amide bonds. The molecular weight excluding hydrogens is 869 g/mol. The third-order valence-electron chi connectivity index (χ3n) is 14.2. The van der Waals surface area contributed by atoms with Crippen LogP contribution < -0.4 is 26.6 Å². The van der Waals surface area contributed by atoms with Crippen molar-refractivity contribution in [2.45, 2.75) is 145 Å². The van der Waals surface area contributed by atoms with Crippen molar-refractivity contribution in [2.24, 2.45) is 4.99 Å². The molecule has 0 radical (unpaired) electrons. The molecule has 4 saturated heterocycles. The van der Waals surface area contributed by atoms with E-state index in [1.165, 1.54) is 4.90 Å². The molecule has 4 fully saturated rings. The highest BCUT2D eigenvalue weighted by Gasteiger charge is 2.47. The van der Waals surface area contributed by atoms with Crippen LogP contribution in [0.5, 0.6) is 0 Å². The second-order valence-electron chi connectivity index (χ2n) is 18.6. The van der Waals surface area contributed by atoms with Crippen molar-refractivity contribution in [3.05, 3.63) is 71.8 Å². The summed E-state index contributed by atoms with van der Waals surface area (Å²) >= 11 is 0. The minimum atomic E-state index is -1.06. The number of unbranched alkanes of at least 4 members (excludes halogenated alkanes) is 3. The first-order valence-corrected chi connectivity index (χ1v) is 24.3. The standard InChI is InChI=1S/C50H70N10O8/c1-32(51-3)45(63)54-38-30-57(28-26-36-22-24-40(47(65)53-5)59(36)49(38)67)42(61)20-14-6-7-15-21-43(62)58-29-27-37-23-25-41(60(37)50(68)39(31-58)55-46(64)33(2)52-4)48(66)56-44(34-16-10-8-11-17-34)35-18-12-9-13-19-35/h8-13,16-19,32-33,36-41,44,51-52H,5-7,14-15,20-31H2,1-4H3,(H,54,63)(H,55,64)(H,56,66)/t32-,33-,36+,37+,38-,39-,40-,41-/m0/s1. The Morgan fingerprint density at radius 1 is 0.618 bits per heavy atom. The molecule has 4 aliphatic rings. The monoisotopic (exact) mass is 939 g/mol. The molecule has 5 N–H and O–H groups in total. The molecule has 0 aliphatic carbocycles. The van der Waals surface area contributed by atoms with Crippen LogP contribution in [0.15, 0.2) is 65.7 Å². The number of aliphatic imine (C=N–C) groups is 1. The number of fused-ring (bicyclic) bond motifs is 2. The van der Waals surface area contributed by atoms with E-state index in [4.69, 9.17) is 0 Å². The van der Waals surface area contributed by atoms with Crippen LogP contribution in [0.25, 0.3) is 0 Å². The van der Waals surface area contributed by atoms with Gasteiger partial charge in [-0.15, -0.1) is 0 Å². The maximum absolute atomic E-state index is 14.6. The van der Waals surface area contributed by atoms with Gasteiger partial charge in [0.05, 0.1) is 18.1 Å². The van der Waals surface area contributed by atoms with Crippen molar-refractivity contribution in [1.82, 2.24) is 46.2 Å². The SMILES string of the molecule is C=NC(=O)[C@@H]1CC[C@@H]2CCN(C(=O)CCCCCCC(=O)N3CC[C@H]4CC[C@@H](C(=O)NC(c5ccccc5)c5ccccc5)N4C(=O)[C@@H](NC(=O)[C@H](C)NC)C3)C[C@H](NC(=O)[C@H](C)NC)C(=O)N21. The normalized spacial score (nSPS) is 23.8. The third-order valence-corrected chi connectivity index (χ3v) is 14.2.